The zero-order valence-electron chi connectivity index (χ0n) is 20.2. The molecule has 2 aliphatic heterocycles. The van der Waals surface area contributed by atoms with Gasteiger partial charge in [-0.2, -0.15) is 0 Å². The molecule has 2 aliphatic rings. The third kappa shape index (κ3) is 4.66. The summed E-state index contributed by atoms with van der Waals surface area (Å²) in [6.45, 7) is 0. The van der Waals surface area contributed by atoms with Crippen LogP contribution < -0.4 is 9.97 Å². The Morgan fingerprint density at radius 3 is 1.26 bits per heavy atom. The minimum atomic E-state index is 0. The van der Waals surface area contributed by atoms with E-state index in [1.807, 2.05) is 85.0 Å². The molecule has 39 heavy (non-hydrogen) atoms. The summed E-state index contributed by atoms with van der Waals surface area (Å²) >= 11 is 7.58. The number of aromatic nitrogens is 4. The summed E-state index contributed by atoms with van der Waals surface area (Å²) in [7, 11) is 0. The van der Waals surface area contributed by atoms with Crippen LogP contribution in [0.5, 0.6) is 0 Å². The number of nitrogens with zero attached hydrogens (tertiary/aromatic N) is 4. The van der Waals surface area contributed by atoms with Crippen molar-refractivity contribution in [2.24, 2.45) is 0 Å². The van der Waals surface area contributed by atoms with E-state index in [9.17, 15) is 0 Å². The van der Waals surface area contributed by atoms with Crippen molar-refractivity contribution in [1.82, 2.24) is 19.9 Å². The number of rotatable bonds is 2. The number of fused-ring (bicyclic) bond motifs is 8. The molecule has 5 heterocycles. The maximum Gasteiger partial charge on any atom is 2.00 e. The molecule has 4 nitrogen and oxygen atoms in total. The van der Waals surface area contributed by atoms with E-state index in [2.05, 4.69) is 56.1 Å². The van der Waals surface area contributed by atoms with Crippen LogP contribution in [0.4, 0.5) is 0 Å². The molecule has 0 spiro atoms. The van der Waals surface area contributed by atoms with Crippen LogP contribution in [-0.4, -0.2) is 9.97 Å². The maximum atomic E-state index is 5.01. The van der Waals surface area contributed by atoms with Gasteiger partial charge in [-0.25, -0.2) is 9.97 Å². The molecule has 0 N–H and O–H groups in total. The van der Waals surface area contributed by atoms with Crippen LogP contribution in [-0.2, 0) is 17.1 Å². The van der Waals surface area contributed by atoms with Gasteiger partial charge < -0.3 is 9.97 Å². The van der Waals surface area contributed by atoms with Gasteiger partial charge in [-0.1, -0.05) is 101 Å². The van der Waals surface area contributed by atoms with Crippen molar-refractivity contribution in [3.8, 4) is 22.3 Å². The molecule has 7 heteroatoms. The van der Waals surface area contributed by atoms with Gasteiger partial charge in [0.2, 0.25) is 0 Å². The van der Waals surface area contributed by atoms with Gasteiger partial charge in [-0.15, -0.1) is 22.1 Å². The third-order valence-electron chi connectivity index (χ3n) is 6.61. The minimum Gasteiger partial charge on any atom is -0.656 e. The predicted molar refractivity (Wildman–Crippen MR) is 163 cm³/mol. The first kappa shape index (κ1) is 25.8. The third-order valence-corrected chi connectivity index (χ3v) is 8.23. The second-order valence-corrected chi connectivity index (χ2v) is 10.6. The molecule has 0 saturated carbocycles. The molecule has 0 amide bonds. The van der Waals surface area contributed by atoms with Crippen LogP contribution in [0, 0.1) is 0 Å². The minimum absolute atomic E-state index is 0. The van der Waals surface area contributed by atoms with Crippen molar-refractivity contribution in [2.45, 2.75) is 0 Å². The fourth-order valence-electron chi connectivity index (χ4n) is 4.82. The molecular weight excluding hydrogens is 664 g/mol. The largest absolute Gasteiger partial charge is 2.00 e. The van der Waals surface area contributed by atoms with Crippen LogP contribution in [0.1, 0.15) is 22.8 Å². The van der Waals surface area contributed by atoms with Crippen molar-refractivity contribution in [1.29, 1.82) is 0 Å². The topological polar surface area (TPSA) is 54.0 Å². The van der Waals surface area contributed by atoms with Gasteiger partial charge in [-0.05, 0) is 67.0 Å². The molecule has 0 atom stereocenters. The molecule has 191 valence electrons. The van der Waals surface area contributed by atoms with E-state index >= 15 is 0 Å². The summed E-state index contributed by atoms with van der Waals surface area (Å²) in [4.78, 5) is 20.1. The van der Waals surface area contributed by atoms with E-state index in [0.29, 0.717) is 0 Å². The number of hydrogen-bond acceptors (Lipinski definition) is 2. The van der Waals surface area contributed by atoms with Crippen molar-refractivity contribution in [3.63, 3.8) is 0 Å². The second-order valence-electron chi connectivity index (χ2n) is 8.97. The van der Waals surface area contributed by atoms with Crippen LogP contribution >= 0.6 is 31.9 Å². The Kier molecular flexibility index (Phi) is 7.00. The molecule has 8 bridgehead atoms. The van der Waals surface area contributed by atoms with Crippen molar-refractivity contribution >= 4 is 78.2 Å². The second kappa shape index (κ2) is 10.6. The maximum absolute atomic E-state index is 5.01. The summed E-state index contributed by atoms with van der Waals surface area (Å²) in [6.07, 6.45) is 8.13. The average molecular weight is 682 g/mol. The first-order chi connectivity index (χ1) is 18.7. The van der Waals surface area contributed by atoms with Gasteiger partial charge in [-0.3, -0.25) is 0 Å². The Balaban J connectivity index is 0.00000277. The quantitative estimate of drug-likeness (QED) is 0.171. The van der Waals surface area contributed by atoms with Crippen LogP contribution in [0.2, 0.25) is 0 Å². The number of benzene rings is 2. The fraction of sp³-hybridized carbons (Fsp3) is 0. The van der Waals surface area contributed by atoms with Gasteiger partial charge in [0.05, 0.1) is 27.2 Å². The monoisotopic (exact) mass is 679 g/mol. The zero-order chi connectivity index (χ0) is 25.6. The zero-order valence-corrected chi connectivity index (χ0v) is 24.4. The summed E-state index contributed by atoms with van der Waals surface area (Å²) < 4.78 is 1.68. The van der Waals surface area contributed by atoms with Crippen LogP contribution in [0.15, 0.2) is 93.9 Å². The van der Waals surface area contributed by atoms with Gasteiger partial charge >= 0.3 is 17.1 Å². The van der Waals surface area contributed by atoms with Crippen molar-refractivity contribution < 1.29 is 17.1 Å². The first-order valence-electron chi connectivity index (χ1n) is 12.1. The average Bonchev–Trinajstić information content (AvgIpc) is 3.77. The van der Waals surface area contributed by atoms with E-state index < -0.39 is 0 Å². The van der Waals surface area contributed by atoms with E-state index in [-0.39, 0.29) is 17.1 Å². The summed E-state index contributed by atoms with van der Waals surface area (Å²) in [5, 5.41) is 0. The predicted octanol–water partition coefficient (Wildman–Crippen LogP) is 8.77. The molecule has 3 aromatic heterocycles. The number of halogens is 2. The van der Waals surface area contributed by atoms with Crippen LogP contribution in [0.3, 0.4) is 0 Å². The summed E-state index contributed by atoms with van der Waals surface area (Å²) in [5.41, 5.74) is 10.8. The molecular formula is C32H18Br2CuN4. The summed E-state index contributed by atoms with van der Waals surface area (Å²) in [5.74, 6) is 0. The fourth-order valence-corrected chi connectivity index (χ4v) is 5.70. The van der Waals surface area contributed by atoms with Crippen LogP contribution in [0.25, 0.3) is 68.6 Å². The molecule has 0 fully saturated rings. The molecule has 0 saturated heterocycles. The van der Waals surface area contributed by atoms with Gasteiger partial charge in [0.15, 0.2) is 0 Å². The Morgan fingerprint density at radius 1 is 0.436 bits per heavy atom. The Labute approximate surface area is 252 Å². The Hall–Kier alpha value is -3.48. The molecule has 7 rings (SSSR count). The SMILES string of the molecule is Brc1c2nc(c(-c3ccccc3)c3ccc([n-]3)c(Br)c3ccc([n-]3)c(-c3ccccc3)c3nc1C=C3)C=C2.[Cu+2]. The van der Waals surface area contributed by atoms with E-state index in [0.717, 1.165) is 76.0 Å². The molecule has 5 aromatic rings. The van der Waals surface area contributed by atoms with E-state index in [1.54, 1.807) is 0 Å². The molecule has 0 aliphatic carbocycles. The van der Waals surface area contributed by atoms with Gasteiger partial charge in [0.25, 0.3) is 0 Å². The Bertz CT molecular complexity index is 1800. The molecule has 2 aromatic carbocycles. The number of hydrogen-bond donors (Lipinski definition) is 0. The summed E-state index contributed by atoms with van der Waals surface area (Å²) in [6, 6.07) is 28.6. The van der Waals surface area contributed by atoms with Gasteiger partial charge in [0.1, 0.15) is 0 Å². The van der Waals surface area contributed by atoms with Gasteiger partial charge in [0, 0.05) is 0 Å². The van der Waals surface area contributed by atoms with E-state index in [4.69, 9.17) is 19.9 Å². The molecule has 1 radical (unpaired) electrons. The van der Waals surface area contributed by atoms with E-state index in [1.165, 1.54) is 0 Å². The smallest absolute Gasteiger partial charge is 0.656 e. The van der Waals surface area contributed by atoms with Crippen molar-refractivity contribution in [3.05, 3.63) is 117 Å². The standard InChI is InChI=1S/C32H18Br2N4.Cu/c33-31-25-15-11-21(35-25)29(19-7-3-1-4-8-19)22-12-16-26(36-22)32(34)28-18-14-24(38-28)30(20-9-5-2-6-10-20)23-13-17-27(31)37-23;/h1-18H;/q-2;+2. The molecule has 0 unspecified atom stereocenters. The Morgan fingerprint density at radius 2 is 0.821 bits per heavy atom. The van der Waals surface area contributed by atoms with Crippen molar-refractivity contribution in [2.75, 3.05) is 0 Å². The first-order valence-corrected chi connectivity index (χ1v) is 13.7. The normalized spacial score (nSPS) is 11.9.